The van der Waals surface area contributed by atoms with E-state index in [-0.39, 0.29) is 6.10 Å². The molecule has 2 rings (SSSR count). The van der Waals surface area contributed by atoms with Gasteiger partial charge in [0.05, 0.1) is 6.10 Å². The lowest BCUT2D eigenvalue weighted by molar-refractivity contribution is 0.0430. The van der Waals surface area contributed by atoms with E-state index in [0.29, 0.717) is 5.92 Å². The summed E-state index contributed by atoms with van der Waals surface area (Å²) in [5.74, 6) is 0.660. The zero-order valence-corrected chi connectivity index (χ0v) is 9.37. The Hall–Kier alpha value is -0.570. The number of nitrogens with one attached hydrogen (secondary N) is 1. The van der Waals surface area contributed by atoms with E-state index in [2.05, 4.69) is 5.32 Å². The highest BCUT2D eigenvalue weighted by Gasteiger charge is 2.26. The molecule has 2 N–H and O–H groups in total. The van der Waals surface area contributed by atoms with Crippen molar-refractivity contribution in [3.05, 3.63) is 34.9 Å². The number of hydrogen-bond donors (Lipinski definition) is 2. The van der Waals surface area contributed by atoms with Crippen LogP contribution in [0.2, 0.25) is 5.02 Å². The number of rotatable bonds is 4. The van der Waals surface area contributed by atoms with Crippen LogP contribution in [-0.4, -0.2) is 17.8 Å². The van der Waals surface area contributed by atoms with E-state index in [4.69, 9.17) is 16.7 Å². The highest BCUT2D eigenvalue weighted by molar-refractivity contribution is 6.30. The maximum absolute atomic E-state index is 9.12. The summed E-state index contributed by atoms with van der Waals surface area (Å²) >= 11 is 5.80. The van der Waals surface area contributed by atoms with E-state index in [0.717, 1.165) is 31.0 Å². The molecule has 1 aliphatic carbocycles. The minimum Gasteiger partial charge on any atom is -0.393 e. The normalized spacial score (nSPS) is 24.9. The molecule has 15 heavy (non-hydrogen) atoms. The molecule has 82 valence electrons. The molecule has 1 fully saturated rings. The van der Waals surface area contributed by atoms with E-state index < -0.39 is 0 Å². The summed E-state index contributed by atoms with van der Waals surface area (Å²) in [6.45, 7) is 1.88. The first-order valence-corrected chi connectivity index (χ1v) is 5.75. The summed E-state index contributed by atoms with van der Waals surface area (Å²) in [5, 5.41) is 13.3. The molecule has 0 radical (unpaired) electrons. The molecular weight excluding hydrogens is 210 g/mol. The smallest absolute Gasteiger partial charge is 0.0546 e. The molecule has 0 unspecified atom stereocenters. The lowest BCUT2D eigenvalue weighted by atomic mass is 9.82. The zero-order chi connectivity index (χ0) is 10.7. The van der Waals surface area contributed by atoms with Gasteiger partial charge in [0.25, 0.3) is 0 Å². The van der Waals surface area contributed by atoms with Gasteiger partial charge in [0, 0.05) is 11.6 Å². The second-order valence-electron chi connectivity index (χ2n) is 4.25. The van der Waals surface area contributed by atoms with Gasteiger partial charge in [0.2, 0.25) is 0 Å². The molecule has 0 aromatic heterocycles. The second kappa shape index (κ2) is 4.97. The Morgan fingerprint density at radius 3 is 2.53 bits per heavy atom. The van der Waals surface area contributed by atoms with E-state index in [1.165, 1.54) is 5.56 Å². The predicted octanol–water partition coefficient (Wildman–Crippen LogP) is 2.20. The van der Waals surface area contributed by atoms with Gasteiger partial charge in [-0.1, -0.05) is 23.7 Å². The van der Waals surface area contributed by atoms with Crippen molar-refractivity contribution in [1.82, 2.24) is 5.32 Å². The molecule has 0 spiro atoms. The minimum absolute atomic E-state index is 0.0488. The van der Waals surface area contributed by atoms with Gasteiger partial charge < -0.3 is 10.4 Å². The van der Waals surface area contributed by atoms with Crippen molar-refractivity contribution in [3.63, 3.8) is 0 Å². The van der Waals surface area contributed by atoms with Crippen molar-refractivity contribution in [2.75, 3.05) is 6.54 Å². The standard InChI is InChI=1S/C12H16ClNO/c13-11-3-1-9(2-4-11)7-14-8-10-5-12(15)6-10/h1-4,10,12,14-15H,5-8H2. The third-order valence-electron chi connectivity index (χ3n) is 2.89. The average Bonchev–Trinajstić information content (AvgIpc) is 2.18. The maximum atomic E-state index is 9.12. The average molecular weight is 226 g/mol. The minimum atomic E-state index is -0.0488. The van der Waals surface area contributed by atoms with Crippen molar-refractivity contribution in [2.24, 2.45) is 5.92 Å². The van der Waals surface area contributed by atoms with Crippen LogP contribution in [0.4, 0.5) is 0 Å². The molecule has 1 aromatic carbocycles. The van der Waals surface area contributed by atoms with Crippen LogP contribution < -0.4 is 5.32 Å². The number of benzene rings is 1. The number of aliphatic hydroxyl groups excluding tert-OH is 1. The van der Waals surface area contributed by atoms with Gasteiger partial charge in [-0.25, -0.2) is 0 Å². The largest absolute Gasteiger partial charge is 0.393 e. The summed E-state index contributed by atoms with van der Waals surface area (Å²) in [6.07, 6.45) is 1.86. The Bertz CT molecular complexity index is 306. The van der Waals surface area contributed by atoms with Crippen molar-refractivity contribution in [3.8, 4) is 0 Å². The Morgan fingerprint density at radius 2 is 1.93 bits per heavy atom. The van der Waals surface area contributed by atoms with Crippen LogP contribution in [0.15, 0.2) is 24.3 Å². The lowest BCUT2D eigenvalue weighted by Gasteiger charge is -2.31. The SMILES string of the molecule is OC1CC(CNCc2ccc(Cl)cc2)C1. The topological polar surface area (TPSA) is 32.3 Å². The van der Waals surface area contributed by atoms with Gasteiger partial charge >= 0.3 is 0 Å². The predicted molar refractivity (Wildman–Crippen MR) is 61.9 cm³/mol. The van der Waals surface area contributed by atoms with Gasteiger partial charge in [-0.3, -0.25) is 0 Å². The fourth-order valence-electron chi connectivity index (χ4n) is 1.89. The first-order chi connectivity index (χ1) is 7.24. The summed E-state index contributed by atoms with van der Waals surface area (Å²) in [4.78, 5) is 0. The highest BCUT2D eigenvalue weighted by Crippen LogP contribution is 2.26. The van der Waals surface area contributed by atoms with Crippen LogP contribution in [0.25, 0.3) is 0 Å². The quantitative estimate of drug-likeness (QED) is 0.824. The molecule has 0 saturated heterocycles. The van der Waals surface area contributed by atoms with Crippen molar-refractivity contribution in [1.29, 1.82) is 0 Å². The van der Waals surface area contributed by atoms with Crippen LogP contribution in [-0.2, 0) is 6.54 Å². The first kappa shape index (κ1) is 10.9. The van der Waals surface area contributed by atoms with Gasteiger partial charge in [-0.2, -0.15) is 0 Å². The molecule has 1 saturated carbocycles. The number of hydrogen-bond acceptors (Lipinski definition) is 2. The zero-order valence-electron chi connectivity index (χ0n) is 8.62. The molecule has 1 aromatic rings. The Labute approximate surface area is 95.3 Å². The lowest BCUT2D eigenvalue weighted by Crippen LogP contribution is -2.35. The van der Waals surface area contributed by atoms with Crippen LogP contribution >= 0.6 is 11.6 Å². The van der Waals surface area contributed by atoms with E-state index >= 15 is 0 Å². The summed E-state index contributed by atoms with van der Waals surface area (Å²) in [7, 11) is 0. The monoisotopic (exact) mass is 225 g/mol. The van der Waals surface area contributed by atoms with E-state index in [9.17, 15) is 0 Å². The second-order valence-corrected chi connectivity index (χ2v) is 4.69. The van der Waals surface area contributed by atoms with Crippen LogP contribution in [0.1, 0.15) is 18.4 Å². The summed E-state index contributed by atoms with van der Waals surface area (Å²) in [6, 6.07) is 7.88. The number of halogens is 1. The highest BCUT2D eigenvalue weighted by atomic mass is 35.5. The fourth-order valence-corrected chi connectivity index (χ4v) is 2.02. The van der Waals surface area contributed by atoms with Crippen molar-refractivity contribution >= 4 is 11.6 Å². The number of aliphatic hydroxyl groups is 1. The Balaban J connectivity index is 1.67. The molecule has 2 nitrogen and oxygen atoms in total. The van der Waals surface area contributed by atoms with Gasteiger partial charge in [0.1, 0.15) is 0 Å². The molecule has 0 atom stereocenters. The third-order valence-corrected chi connectivity index (χ3v) is 3.14. The first-order valence-electron chi connectivity index (χ1n) is 5.37. The molecule has 0 aliphatic heterocycles. The fraction of sp³-hybridized carbons (Fsp3) is 0.500. The summed E-state index contributed by atoms with van der Waals surface area (Å²) in [5.41, 5.74) is 1.25. The Kier molecular flexibility index (Phi) is 3.62. The molecule has 0 heterocycles. The molecular formula is C12H16ClNO. The van der Waals surface area contributed by atoms with E-state index in [1.54, 1.807) is 0 Å². The van der Waals surface area contributed by atoms with Crippen LogP contribution in [0.3, 0.4) is 0 Å². The molecule has 3 heteroatoms. The maximum Gasteiger partial charge on any atom is 0.0546 e. The van der Waals surface area contributed by atoms with Gasteiger partial charge in [0.15, 0.2) is 0 Å². The van der Waals surface area contributed by atoms with E-state index in [1.807, 2.05) is 24.3 Å². The van der Waals surface area contributed by atoms with Crippen molar-refractivity contribution in [2.45, 2.75) is 25.5 Å². The molecule has 1 aliphatic rings. The van der Waals surface area contributed by atoms with Crippen LogP contribution in [0.5, 0.6) is 0 Å². The third kappa shape index (κ3) is 3.20. The van der Waals surface area contributed by atoms with Gasteiger partial charge in [-0.15, -0.1) is 0 Å². The van der Waals surface area contributed by atoms with Crippen molar-refractivity contribution < 1.29 is 5.11 Å². The Morgan fingerprint density at radius 1 is 1.27 bits per heavy atom. The molecule has 0 amide bonds. The summed E-state index contributed by atoms with van der Waals surface area (Å²) < 4.78 is 0. The molecule has 0 bridgehead atoms. The van der Waals surface area contributed by atoms with Crippen LogP contribution in [0, 0.1) is 5.92 Å². The van der Waals surface area contributed by atoms with Gasteiger partial charge in [-0.05, 0) is 43.0 Å².